The largest absolute Gasteiger partial charge is 0.870 e. The fraction of sp³-hybridized carbons (Fsp3) is 1.00. The maximum Gasteiger partial charge on any atom is 0.0784 e. The SMILES string of the molecule is CCCC[N+]1(C)CCCCC1.[OH-]. The Bertz CT molecular complexity index is 108. The second-order valence-corrected chi connectivity index (χ2v) is 4.20. The van der Waals surface area contributed by atoms with Crippen LogP contribution in [0.25, 0.3) is 0 Å². The Morgan fingerprint density at radius 2 is 1.67 bits per heavy atom. The molecule has 2 heteroatoms. The number of hydrogen-bond acceptors (Lipinski definition) is 1. The van der Waals surface area contributed by atoms with Gasteiger partial charge in [0.1, 0.15) is 0 Å². The van der Waals surface area contributed by atoms with Gasteiger partial charge in [0, 0.05) is 0 Å². The van der Waals surface area contributed by atoms with Crippen LogP contribution < -0.4 is 0 Å². The number of quaternary nitrogens is 1. The Morgan fingerprint density at radius 3 is 2.17 bits per heavy atom. The topological polar surface area (TPSA) is 30.0 Å². The van der Waals surface area contributed by atoms with Crippen LogP contribution in [0.4, 0.5) is 0 Å². The molecule has 2 nitrogen and oxygen atoms in total. The summed E-state index contributed by atoms with van der Waals surface area (Å²) in [5.74, 6) is 0. The third-order valence-corrected chi connectivity index (χ3v) is 2.95. The smallest absolute Gasteiger partial charge is 0.0784 e. The van der Waals surface area contributed by atoms with Crippen molar-refractivity contribution in [2.45, 2.75) is 39.0 Å². The second kappa shape index (κ2) is 5.55. The summed E-state index contributed by atoms with van der Waals surface area (Å²) in [6, 6.07) is 0. The van der Waals surface area contributed by atoms with Crippen molar-refractivity contribution < 1.29 is 9.96 Å². The van der Waals surface area contributed by atoms with E-state index in [1.807, 2.05) is 0 Å². The van der Waals surface area contributed by atoms with Gasteiger partial charge in [-0.1, -0.05) is 13.3 Å². The molecule has 0 atom stereocenters. The van der Waals surface area contributed by atoms with E-state index in [0.29, 0.717) is 0 Å². The number of likely N-dealkylation sites (tertiary alicyclic amines) is 1. The van der Waals surface area contributed by atoms with Crippen molar-refractivity contribution in [3.8, 4) is 0 Å². The molecule has 0 bridgehead atoms. The lowest BCUT2D eigenvalue weighted by Gasteiger charge is -2.37. The standard InChI is InChI=1S/C10H22N.H2O/c1-3-4-8-11(2)9-6-5-7-10-11;/h3-10H2,1-2H3;1H2/q+1;/p-1. The lowest BCUT2D eigenvalue weighted by molar-refractivity contribution is -0.914. The highest BCUT2D eigenvalue weighted by molar-refractivity contribution is 4.51. The third-order valence-electron chi connectivity index (χ3n) is 2.95. The molecule has 0 aromatic carbocycles. The molecule has 1 aliphatic rings. The highest BCUT2D eigenvalue weighted by Crippen LogP contribution is 2.16. The average molecular weight is 173 g/mol. The van der Waals surface area contributed by atoms with Crippen LogP contribution in [0.15, 0.2) is 0 Å². The minimum absolute atomic E-state index is 0. The first-order chi connectivity index (χ1) is 5.27. The first-order valence-corrected chi connectivity index (χ1v) is 5.10. The Hall–Kier alpha value is -0.0800. The second-order valence-electron chi connectivity index (χ2n) is 4.20. The molecule has 74 valence electrons. The van der Waals surface area contributed by atoms with Gasteiger partial charge in [-0.05, 0) is 25.7 Å². The molecule has 0 aliphatic carbocycles. The molecule has 12 heavy (non-hydrogen) atoms. The quantitative estimate of drug-likeness (QED) is 0.602. The first-order valence-electron chi connectivity index (χ1n) is 5.10. The van der Waals surface area contributed by atoms with E-state index < -0.39 is 0 Å². The van der Waals surface area contributed by atoms with Gasteiger partial charge in [0.25, 0.3) is 0 Å². The zero-order valence-electron chi connectivity index (χ0n) is 8.55. The lowest BCUT2D eigenvalue weighted by Crippen LogP contribution is -2.48. The summed E-state index contributed by atoms with van der Waals surface area (Å²) < 4.78 is 1.36. The van der Waals surface area contributed by atoms with E-state index in [2.05, 4.69) is 14.0 Å². The summed E-state index contributed by atoms with van der Waals surface area (Å²) in [7, 11) is 2.43. The van der Waals surface area contributed by atoms with Crippen LogP contribution in [-0.4, -0.2) is 36.6 Å². The molecule has 1 fully saturated rings. The number of nitrogens with zero attached hydrogens (tertiary/aromatic N) is 1. The van der Waals surface area contributed by atoms with Gasteiger partial charge in [0.2, 0.25) is 0 Å². The van der Waals surface area contributed by atoms with Gasteiger partial charge in [-0.2, -0.15) is 0 Å². The Balaban J connectivity index is 0.00000121. The van der Waals surface area contributed by atoms with Crippen molar-refractivity contribution in [1.82, 2.24) is 0 Å². The number of piperidine rings is 1. The molecule has 1 aliphatic heterocycles. The van der Waals surface area contributed by atoms with Crippen LogP contribution in [0.2, 0.25) is 0 Å². The van der Waals surface area contributed by atoms with Crippen molar-refractivity contribution in [3.63, 3.8) is 0 Å². The minimum atomic E-state index is 0. The summed E-state index contributed by atoms with van der Waals surface area (Å²) in [6.07, 6.45) is 7.16. The molecule has 0 unspecified atom stereocenters. The van der Waals surface area contributed by atoms with E-state index in [4.69, 9.17) is 0 Å². The van der Waals surface area contributed by atoms with Crippen LogP contribution in [0.5, 0.6) is 0 Å². The van der Waals surface area contributed by atoms with Crippen molar-refractivity contribution in [2.24, 2.45) is 0 Å². The maximum absolute atomic E-state index is 2.43. The lowest BCUT2D eigenvalue weighted by atomic mass is 10.1. The number of hydrogen-bond donors (Lipinski definition) is 0. The van der Waals surface area contributed by atoms with Crippen LogP contribution in [-0.2, 0) is 0 Å². The molecular weight excluding hydrogens is 150 g/mol. The molecule has 0 amide bonds. The number of unbranched alkanes of at least 4 members (excludes halogenated alkanes) is 1. The highest BCUT2D eigenvalue weighted by Gasteiger charge is 2.23. The highest BCUT2D eigenvalue weighted by atomic mass is 16.0. The van der Waals surface area contributed by atoms with Crippen LogP contribution in [0.3, 0.4) is 0 Å². The molecule has 0 saturated carbocycles. The zero-order valence-corrected chi connectivity index (χ0v) is 8.55. The molecule has 0 aromatic rings. The third kappa shape index (κ3) is 3.55. The molecule has 0 aromatic heterocycles. The van der Waals surface area contributed by atoms with Crippen LogP contribution in [0, 0.1) is 0 Å². The summed E-state index contributed by atoms with van der Waals surface area (Å²) in [4.78, 5) is 0. The zero-order chi connectivity index (χ0) is 8.16. The monoisotopic (exact) mass is 173 g/mol. The van der Waals surface area contributed by atoms with Gasteiger partial charge in [-0.3, -0.25) is 0 Å². The molecule has 1 heterocycles. The Labute approximate surface area is 76.5 Å². The normalized spacial score (nSPS) is 21.5. The van der Waals surface area contributed by atoms with Crippen LogP contribution in [0.1, 0.15) is 39.0 Å². The van der Waals surface area contributed by atoms with E-state index in [1.165, 1.54) is 56.2 Å². The molecule has 1 saturated heterocycles. The molecule has 0 radical (unpaired) electrons. The van der Waals surface area contributed by atoms with Gasteiger partial charge < -0.3 is 9.96 Å². The van der Waals surface area contributed by atoms with E-state index in [1.54, 1.807) is 0 Å². The van der Waals surface area contributed by atoms with Crippen molar-refractivity contribution in [1.29, 1.82) is 0 Å². The molecule has 1 N–H and O–H groups in total. The first kappa shape index (κ1) is 11.9. The van der Waals surface area contributed by atoms with E-state index >= 15 is 0 Å². The van der Waals surface area contributed by atoms with Gasteiger partial charge in [0.05, 0.1) is 26.7 Å². The molecule has 0 spiro atoms. The summed E-state index contributed by atoms with van der Waals surface area (Å²) in [5.41, 5.74) is 0. The van der Waals surface area contributed by atoms with E-state index in [9.17, 15) is 0 Å². The molecule has 1 rings (SSSR count). The molecular formula is C10H23NO. The summed E-state index contributed by atoms with van der Waals surface area (Å²) >= 11 is 0. The summed E-state index contributed by atoms with van der Waals surface area (Å²) in [5, 5.41) is 0. The van der Waals surface area contributed by atoms with Crippen molar-refractivity contribution in [3.05, 3.63) is 0 Å². The Kier molecular flexibility index (Phi) is 5.51. The predicted molar refractivity (Wildman–Crippen MR) is 51.5 cm³/mol. The maximum atomic E-state index is 2.43. The minimum Gasteiger partial charge on any atom is -0.870 e. The number of rotatable bonds is 3. The predicted octanol–water partition coefficient (Wildman–Crippen LogP) is 2.24. The van der Waals surface area contributed by atoms with Gasteiger partial charge in [-0.25, -0.2) is 0 Å². The fourth-order valence-corrected chi connectivity index (χ4v) is 2.04. The average Bonchev–Trinajstić information content (AvgIpc) is 2.03. The van der Waals surface area contributed by atoms with Gasteiger partial charge >= 0.3 is 0 Å². The van der Waals surface area contributed by atoms with E-state index in [0.717, 1.165) is 0 Å². The van der Waals surface area contributed by atoms with Crippen LogP contribution >= 0.6 is 0 Å². The summed E-state index contributed by atoms with van der Waals surface area (Å²) in [6.45, 7) is 6.56. The van der Waals surface area contributed by atoms with E-state index in [-0.39, 0.29) is 5.48 Å². The van der Waals surface area contributed by atoms with Crippen molar-refractivity contribution >= 4 is 0 Å². The van der Waals surface area contributed by atoms with Gasteiger partial charge in [-0.15, -0.1) is 0 Å². The van der Waals surface area contributed by atoms with Crippen molar-refractivity contribution in [2.75, 3.05) is 26.7 Å². The Morgan fingerprint density at radius 1 is 1.08 bits per heavy atom. The fourth-order valence-electron chi connectivity index (χ4n) is 2.04. The van der Waals surface area contributed by atoms with Gasteiger partial charge in [0.15, 0.2) is 0 Å².